The Hall–Kier alpha value is -2.66. The van der Waals surface area contributed by atoms with E-state index in [1.807, 2.05) is 12.1 Å². The highest BCUT2D eigenvalue weighted by Crippen LogP contribution is 2.25. The summed E-state index contributed by atoms with van der Waals surface area (Å²) in [7, 11) is 0. The number of piperidine rings is 1. The zero-order valence-corrected chi connectivity index (χ0v) is 20.0. The molecule has 0 aromatic heterocycles. The molecule has 2 aliphatic heterocycles. The van der Waals surface area contributed by atoms with Crippen LogP contribution in [-0.2, 0) is 29.1 Å². The lowest BCUT2D eigenvalue weighted by Crippen LogP contribution is -2.53. The number of nitrogens with one attached hydrogen (secondary N) is 1. The molecule has 1 fully saturated rings. The molecule has 176 valence electrons. The van der Waals surface area contributed by atoms with Crippen LogP contribution >= 0.6 is 0 Å². The Labute approximate surface area is 198 Å². The maximum absolute atomic E-state index is 13.3. The highest BCUT2D eigenvalue weighted by molar-refractivity contribution is 5.88. The van der Waals surface area contributed by atoms with E-state index in [0.29, 0.717) is 31.8 Å². The third-order valence-electron chi connectivity index (χ3n) is 6.87. The van der Waals surface area contributed by atoms with E-state index in [1.54, 1.807) is 4.90 Å². The minimum atomic E-state index is -0.421. The van der Waals surface area contributed by atoms with Crippen LogP contribution in [0.2, 0.25) is 0 Å². The van der Waals surface area contributed by atoms with Gasteiger partial charge < -0.3 is 10.2 Å². The number of fused-ring (bicyclic) bond motifs is 1. The number of nitrogens with zero attached hydrogens (tertiary/aromatic N) is 2. The fourth-order valence-corrected chi connectivity index (χ4v) is 5.15. The van der Waals surface area contributed by atoms with Gasteiger partial charge in [-0.1, -0.05) is 68.4 Å². The monoisotopic (exact) mass is 447 g/mol. The summed E-state index contributed by atoms with van der Waals surface area (Å²) in [5, 5.41) is 3.22. The Morgan fingerprint density at radius 1 is 1.03 bits per heavy atom. The lowest BCUT2D eigenvalue weighted by atomic mass is 9.92. The number of carbonyl (C=O) groups is 2. The number of likely N-dealkylation sites (tertiary alicyclic amines) is 1. The molecule has 0 saturated carbocycles. The summed E-state index contributed by atoms with van der Waals surface area (Å²) in [6.45, 7) is 8.37. The Bertz CT molecular complexity index is 943. The maximum Gasteiger partial charge on any atom is 0.243 e. The first kappa shape index (κ1) is 23.5. The number of amides is 2. The maximum atomic E-state index is 13.3. The van der Waals surface area contributed by atoms with Gasteiger partial charge in [0.15, 0.2) is 0 Å². The van der Waals surface area contributed by atoms with E-state index in [4.69, 9.17) is 0 Å². The number of hydrogen-bond donors (Lipinski definition) is 1. The topological polar surface area (TPSA) is 52.7 Å². The highest BCUT2D eigenvalue weighted by Gasteiger charge is 2.34. The van der Waals surface area contributed by atoms with Crippen LogP contribution in [0.1, 0.15) is 49.8 Å². The molecule has 0 bridgehead atoms. The number of carbonyl (C=O) groups excluding carboxylic acids is 2. The lowest BCUT2D eigenvalue weighted by molar-refractivity contribution is -0.142. The van der Waals surface area contributed by atoms with Gasteiger partial charge in [-0.05, 0) is 47.9 Å². The Kier molecular flexibility index (Phi) is 7.81. The molecular weight excluding hydrogens is 410 g/mol. The molecule has 4 rings (SSSR count). The molecule has 5 heteroatoms. The van der Waals surface area contributed by atoms with Crippen LogP contribution in [0.4, 0.5) is 0 Å². The van der Waals surface area contributed by atoms with Gasteiger partial charge >= 0.3 is 0 Å². The summed E-state index contributed by atoms with van der Waals surface area (Å²) < 4.78 is 0. The highest BCUT2D eigenvalue weighted by atomic mass is 16.2. The van der Waals surface area contributed by atoms with Crippen LogP contribution in [0.25, 0.3) is 0 Å². The van der Waals surface area contributed by atoms with Crippen LogP contribution in [0.15, 0.2) is 54.6 Å². The molecule has 2 heterocycles. The predicted molar refractivity (Wildman–Crippen MR) is 131 cm³/mol. The Balaban J connectivity index is 1.37. The molecule has 1 N–H and O–H groups in total. The first-order chi connectivity index (χ1) is 16.0. The number of hydrogen-bond acceptors (Lipinski definition) is 3. The van der Waals surface area contributed by atoms with Crippen molar-refractivity contribution < 1.29 is 9.59 Å². The molecule has 2 aliphatic rings. The van der Waals surface area contributed by atoms with Gasteiger partial charge in [0.1, 0.15) is 6.04 Å². The van der Waals surface area contributed by atoms with Gasteiger partial charge in [-0.3, -0.25) is 14.5 Å². The Morgan fingerprint density at radius 2 is 1.76 bits per heavy atom. The summed E-state index contributed by atoms with van der Waals surface area (Å²) in [6, 6.07) is 18.3. The van der Waals surface area contributed by atoms with Crippen LogP contribution < -0.4 is 5.32 Å². The predicted octanol–water partition coefficient (Wildman–Crippen LogP) is 4.01. The van der Waals surface area contributed by atoms with Gasteiger partial charge in [-0.2, -0.15) is 0 Å². The summed E-state index contributed by atoms with van der Waals surface area (Å²) >= 11 is 0. The molecule has 2 aromatic carbocycles. The van der Waals surface area contributed by atoms with Crippen LogP contribution in [0, 0.1) is 11.8 Å². The summed E-state index contributed by atoms with van der Waals surface area (Å²) in [6.07, 6.45) is 3.36. The lowest BCUT2D eigenvalue weighted by Gasteiger charge is -2.37. The quantitative estimate of drug-likeness (QED) is 0.698. The first-order valence-electron chi connectivity index (χ1n) is 12.4. The van der Waals surface area contributed by atoms with Gasteiger partial charge in [0.2, 0.25) is 11.8 Å². The Morgan fingerprint density at radius 3 is 2.52 bits per heavy atom. The van der Waals surface area contributed by atoms with Crippen molar-refractivity contribution in [3.8, 4) is 0 Å². The standard InChI is InChI=1S/C28H37N3O2/c1-21(2)15-27(32)31-20-25-13-7-6-12-24(25)16-26(31)28(33)29-17-23-11-8-14-30(19-23)18-22-9-4-3-5-10-22/h3-7,9-10,12-13,21,23,26H,8,11,14-20H2,1-2H3,(H,29,33). The van der Waals surface area contributed by atoms with E-state index < -0.39 is 6.04 Å². The van der Waals surface area contributed by atoms with E-state index in [9.17, 15) is 9.59 Å². The van der Waals surface area contributed by atoms with Crippen molar-refractivity contribution in [2.75, 3.05) is 19.6 Å². The van der Waals surface area contributed by atoms with Crippen molar-refractivity contribution in [2.45, 2.75) is 58.7 Å². The van der Waals surface area contributed by atoms with Gasteiger partial charge in [-0.15, -0.1) is 0 Å². The molecule has 0 radical (unpaired) electrons. The molecule has 2 amide bonds. The average Bonchev–Trinajstić information content (AvgIpc) is 2.82. The van der Waals surface area contributed by atoms with E-state index in [0.717, 1.165) is 38.0 Å². The zero-order valence-electron chi connectivity index (χ0n) is 20.0. The third-order valence-corrected chi connectivity index (χ3v) is 6.87. The SMILES string of the molecule is CC(C)CC(=O)N1Cc2ccccc2CC1C(=O)NCC1CCCN(Cc2ccccc2)C1. The zero-order chi connectivity index (χ0) is 23.2. The van der Waals surface area contributed by atoms with Gasteiger partial charge in [-0.25, -0.2) is 0 Å². The molecule has 2 aromatic rings. The largest absolute Gasteiger partial charge is 0.354 e. The molecule has 2 atom stereocenters. The molecular formula is C28H37N3O2. The molecule has 0 spiro atoms. The molecule has 5 nitrogen and oxygen atoms in total. The second-order valence-electron chi connectivity index (χ2n) is 10.1. The van der Waals surface area contributed by atoms with Crippen molar-refractivity contribution >= 4 is 11.8 Å². The van der Waals surface area contributed by atoms with E-state index in [-0.39, 0.29) is 17.7 Å². The summed E-state index contributed by atoms with van der Waals surface area (Å²) in [4.78, 5) is 30.6. The molecule has 2 unspecified atom stereocenters. The number of benzene rings is 2. The van der Waals surface area contributed by atoms with Crippen LogP contribution in [0.3, 0.4) is 0 Å². The van der Waals surface area contributed by atoms with Crippen molar-refractivity contribution in [3.05, 3.63) is 71.3 Å². The summed E-state index contributed by atoms with van der Waals surface area (Å²) in [5.41, 5.74) is 3.67. The molecule has 1 saturated heterocycles. The van der Waals surface area contributed by atoms with Gasteiger partial charge in [0, 0.05) is 39.0 Å². The van der Waals surface area contributed by atoms with Crippen molar-refractivity contribution in [1.82, 2.24) is 15.1 Å². The minimum absolute atomic E-state index is 0.0122. The second kappa shape index (κ2) is 11.0. The smallest absolute Gasteiger partial charge is 0.243 e. The number of rotatable bonds is 7. The van der Waals surface area contributed by atoms with Crippen molar-refractivity contribution in [1.29, 1.82) is 0 Å². The fourth-order valence-electron chi connectivity index (χ4n) is 5.15. The van der Waals surface area contributed by atoms with Crippen molar-refractivity contribution in [2.24, 2.45) is 11.8 Å². The first-order valence-corrected chi connectivity index (χ1v) is 12.4. The van der Waals surface area contributed by atoms with E-state index in [2.05, 4.69) is 66.5 Å². The molecule has 33 heavy (non-hydrogen) atoms. The van der Waals surface area contributed by atoms with Crippen molar-refractivity contribution in [3.63, 3.8) is 0 Å². The summed E-state index contributed by atoms with van der Waals surface area (Å²) in [5.74, 6) is 0.784. The van der Waals surface area contributed by atoms with Crippen LogP contribution in [-0.4, -0.2) is 47.3 Å². The second-order valence-corrected chi connectivity index (χ2v) is 10.1. The van der Waals surface area contributed by atoms with E-state index >= 15 is 0 Å². The van der Waals surface area contributed by atoms with E-state index in [1.165, 1.54) is 11.1 Å². The van der Waals surface area contributed by atoms with Gasteiger partial charge in [0.25, 0.3) is 0 Å². The molecule has 0 aliphatic carbocycles. The fraction of sp³-hybridized carbons (Fsp3) is 0.500. The third kappa shape index (κ3) is 6.23. The normalized spacial score (nSPS) is 21.0. The van der Waals surface area contributed by atoms with Gasteiger partial charge in [0.05, 0.1) is 0 Å². The van der Waals surface area contributed by atoms with Crippen LogP contribution in [0.5, 0.6) is 0 Å². The minimum Gasteiger partial charge on any atom is -0.354 e. The average molecular weight is 448 g/mol.